The molecule has 0 aromatic carbocycles. The van der Waals surface area contributed by atoms with E-state index < -0.39 is 5.67 Å². The third-order valence-electron chi connectivity index (χ3n) is 3.33. The van der Waals surface area contributed by atoms with E-state index in [0.717, 1.165) is 19.3 Å². The predicted octanol–water partition coefficient (Wildman–Crippen LogP) is 3.29. The molecule has 0 unspecified atom stereocenters. The number of rotatable bonds is 3. The van der Waals surface area contributed by atoms with Crippen LogP contribution in [0.2, 0.25) is 0 Å². The number of thiophene rings is 1. The summed E-state index contributed by atoms with van der Waals surface area (Å²) in [5.74, 6) is 0. The van der Waals surface area contributed by atoms with E-state index in [2.05, 4.69) is 11.4 Å². The van der Waals surface area contributed by atoms with Gasteiger partial charge in [0, 0.05) is 10.9 Å². The number of halogens is 1. The summed E-state index contributed by atoms with van der Waals surface area (Å²) in [4.78, 5) is 1.29. The minimum absolute atomic E-state index is 0.232. The quantitative estimate of drug-likeness (QED) is 0.842. The Balaban J connectivity index is 1.83. The Kier molecular flexibility index (Phi) is 3.42. The van der Waals surface area contributed by atoms with Crippen molar-refractivity contribution in [2.24, 2.45) is 5.73 Å². The first kappa shape index (κ1) is 11.1. The van der Waals surface area contributed by atoms with Gasteiger partial charge in [0.25, 0.3) is 0 Å². The Morgan fingerprint density at radius 1 is 1.47 bits per heavy atom. The number of alkyl halides is 1. The summed E-state index contributed by atoms with van der Waals surface area (Å²) in [5.41, 5.74) is 4.84. The first-order valence-corrected chi connectivity index (χ1v) is 6.53. The lowest BCUT2D eigenvalue weighted by Crippen LogP contribution is -2.35. The third kappa shape index (κ3) is 3.02. The summed E-state index contributed by atoms with van der Waals surface area (Å²) in [5, 5.41) is 2.05. The molecule has 0 saturated heterocycles. The zero-order valence-electron chi connectivity index (χ0n) is 8.92. The highest BCUT2D eigenvalue weighted by atomic mass is 32.1. The van der Waals surface area contributed by atoms with Crippen LogP contribution in [0.4, 0.5) is 4.39 Å². The van der Waals surface area contributed by atoms with Crippen molar-refractivity contribution in [3.8, 4) is 0 Å². The smallest absolute Gasteiger partial charge is 0.111 e. The Hall–Kier alpha value is -0.410. The van der Waals surface area contributed by atoms with Crippen LogP contribution < -0.4 is 5.73 Å². The molecule has 1 aromatic rings. The molecule has 15 heavy (non-hydrogen) atoms. The fourth-order valence-corrected chi connectivity index (χ4v) is 2.92. The van der Waals surface area contributed by atoms with Crippen molar-refractivity contribution in [3.63, 3.8) is 0 Å². The van der Waals surface area contributed by atoms with E-state index in [1.165, 1.54) is 4.88 Å². The monoisotopic (exact) mass is 227 g/mol. The number of hydrogen-bond donors (Lipinski definition) is 1. The predicted molar refractivity (Wildman–Crippen MR) is 62.9 cm³/mol. The molecule has 84 valence electrons. The molecule has 1 nitrogen and oxygen atoms in total. The fourth-order valence-electron chi connectivity index (χ4n) is 2.21. The maximum absolute atomic E-state index is 14.3. The van der Waals surface area contributed by atoms with Crippen molar-refractivity contribution >= 4 is 11.3 Å². The summed E-state index contributed by atoms with van der Waals surface area (Å²) in [6.45, 7) is 0. The van der Waals surface area contributed by atoms with Crippen molar-refractivity contribution in [2.45, 2.75) is 50.2 Å². The zero-order chi connectivity index (χ0) is 10.7. The molecule has 1 saturated carbocycles. The Morgan fingerprint density at radius 3 is 2.80 bits per heavy atom. The first-order chi connectivity index (χ1) is 7.18. The molecular weight excluding hydrogens is 209 g/mol. The molecule has 2 N–H and O–H groups in total. The largest absolute Gasteiger partial charge is 0.328 e. The Labute approximate surface area is 94.5 Å². The van der Waals surface area contributed by atoms with Crippen LogP contribution in [0.1, 0.15) is 37.0 Å². The number of aryl methyl sites for hydroxylation is 1. The minimum Gasteiger partial charge on any atom is -0.328 e. The SMILES string of the molecule is NC1CCC(F)(CCc2cccs2)CC1. The van der Waals surface area contributed by atoms with Crippen molar-refractivity contribution in [3.05, 3.63) is 22.4 Å². The summed E-state index contributed by atoms with van der Waals surface area (Å²) in [6, 6.07) is 4.35. The lowest BCUT2D eigenvalue weighted by atomic mass is 9.81. The number of hydrogen-bond acceptors (Lipinski definition) is 2. The van der Waals surface area contributed by atoms with E-state index in [-0.39, 0.29) is 6.04 Å². The standard InChI is InChI=1S/C12H18FNS/c13-12(6-3-10(14)4-7-12)8-5-11-2-1-9-15-11/h1-2,9-10H,3-8,14H2. The van der Waals surface area contributed by atoms with E-state index in [9.17, 15) is 4.39 Å². The molecule has 0 aliphatic heterocycles. The molecule has 1 fully saturated rings. The molecule has 0 atom stereocenters. The second-order valence-electron chi connectivity index (χ2n) is 4.57. The average Bonchev–Trinajstić information content (AvgIpc) is 2.73. The average molecular weight is 227 g/mol. The van der Waals surface area contributed by atoms with Gasteiger partial charge in [-0.2, -0.15) is 0 Å². The van der Waals surface area contributed by atoms with Crippen LogP contribution in [0, 0.1) is 0 Å². The van der Waals surface area contributed by atoms with E-state index in [1.807, 2.05) is 6.07 Å². The van der Waals surface area contributed by atoms with Crippen LogP contribution in [0.15, 0.2) is 17.5 Å². The Bertz CT molecular complexity index is 289. The van der Waals surface area contributed by atoms with Gasteiger partial charge in [0.05, 0.1) is 0 Å². The molecule has 1 aliphatic rings. The van der Waals surface area contributed by atoms with Crippen LogP contribution in [0.5, 0.6) is 0 Å². The van der Waals surface area contributed by atoms with Crippen molar-refractivity contribution in [1.82, 2.24) is 0 Å². The fraction of sp³-hybridized carbons (Fsp3) is 0.667. The van der Waals surface area contributed by atoms with Gasteiger partial charge in [0.15, 0.2) is 0 Å². The minimum atomic E-state index is -0.945. The van der Waals surface area contributed by atoms with E-state index >= 15 is 0 Å². The van der Waals surface area contributed by atoms with Crippen LogP contribution in [-0.2, 0) is 6.42 Å². The van der Waals surface area contributed by atoms with Gasteiger partial charge >= 0.3 is 0 Å². The summed E-state index contributed by atoms with van der Waals surface area (Å²) < 4.78 is 14.3. The normalized spacial score (nSPS) is 31.7. The molecule has 2 rings (SSSR count). The molecule has 1 aliphatic carbocycles. The summed E-state index contributed by atoms with van der Waals surface area (Å²) in [6.07, 6.45) is 4.55. The van der Waals surface area contributed by atoms with Crippen molar-refractivity contribution in [1.29, 1.82) is 0 Å². The van der Waals surface area contributed by atoms with Gasteiger partial charge < -0.3 is 5.73 Å². The van der Waals surface area contributed by atoms with E-state index in [4.69, 9.17) is 5.73 Å². The van der Waals surface area contributed by atoms with Gasteiger partial charge in [0.2, 0.25) is 0 Å². The zero-order valence-corrected chi connectivity index (χ0v) is 9.73. The highest BCUT2D eigenvalue weighted by Crippen LogP contribution is 2.35. The highest BCUT2D eigenvalue weighted by Gasteiger charge is 2.33. The van der Waals surface area contributed by atoms with Gasteiger partial charge in [-0.25, -0.2) is 4.39 Å². The highest BCUT2D eigenvalue weighted by molar-refractivity contribution is 7.09. The molecular formula is C12H18FNS. The molecule has 1 heterocycles. The van der Waals surface area contributed by atoms with Crippen molar-refractivity contribution < 1.29 is 4.39 Å². The van der Waals surface area contributed by atoms with Crippen LogP contribution in [0.25, 0.3) is 0 Å². The van der Waals surface area contributed by atoms with E-state index in [1.54, 1.807) is 11.3 Å². The van der Waals surface area contributed by atoms with Crippen LogP contribution in [-0.4, -0.2) is 11.7 Å². The number of nitrogens with two attached hydrogens (primary N) is 1. The molecule has 0 radical (unpaired) electrons. The van der Waals surface area contributed by atoms with Gasteiger partial charge in [-0.15, -0.1) is 11.3 Å². The third-order valence-corrected chi connectivity index (χ3v) is 4.26. The molecule has 0 bridgehead atoms. The molecule has 0 spiro atoms. The molecule has 3 heteroatoms. The second kappa shape index (κ2) is 4.62. The molecule has 0 amide bonds. The summed E-state index contributed by atoms with van der Waals surface area (Å²) >= 11 is 1.72. The Morgan fingerprint density at radius 2 is 2.20 bits per heavy atom. The topological polar surface area (TPSA) is 26.0 Å². The lowest BCUT2D eigenvalue weighted by molar-refractivity contribution is 0.0897. The lowest BCUT2D eigenvalue weighted by Gasteiger charge is -2.32. The van der Waals surface area contributed by atoms with Gasteiger partial charge in [0.1, 0.15) is 5.67 Å². The van der Waals surface area contributed by atoms with E-state index in [0.29, 0.717) is 19.3 Å². The maximum Gasteiger partial charge on any atom is 0.111 e. The summed E-state index contributed by atoms with van der Waals surface area (Å²) in [7, 11) is 0. The van der Waals surface area contributed by atoms with Gasteiger partial charge in [-0.1, -0.05) is 6.07 Å². The first-order valence-electron chi connectivity index (χ1n) is 5.65. The van der Waals surface area contributed by atoms with Crippen molar-refractivity contribution in [2.75, 3.05) is 0 Å². The van der Waals surface area contributed by atoms with Crippen LogP contribution >= 0.6 is 11.3 Å². The van der Waals surface area contributed by atoms with Gasteiger partial charge in [-0.3, -0.25) is 0 Å². The van der Waals surface area contributed by atoms with Crippen LogP contribution in [0.3, 0.4) is 0 Å². The molecule has 1 aromatic heterocycles. The van der Waals surface area contributed by atoms with Gasteiger partial charge in [-0.05, 0) is 50.0 Å². The second-order valence-corrected chi connectivity index (χ2v) is 5.60. The maximum atomic E-state index is 14.3.